The summed E-state index contributed by atoms with van der Waals surface area (Å²) in [6.07, 6.45) is 4.13. The summed E-state index contributed by atoms with van der Waals surface area (Å²) in [5.41, 5.74) is 1.31. The van der Waals surface area contributed by atoms with E-state index in [2.05, 4.69) is 29.4 Å². The largest absolute Gasteiger partial charge is 0.311 e. The van der Waals surface area contributed by atoms with Gasteiger partial charge in [0.1, 0.15) is 0 Å². The van der Waals surface area contributed by atoms with Crippen LogP contribution >= 0.6 is 11.6 Å². The molecule has 2 saturated heterocycles. The van der Waals surface area contributed by atoms with Gasteiger partial charge in [0.25, 0.3) is 0 Å². The standard InChI is InChI=1S/C15H21ClN2/c1-18(9-11-3-2-4-13(16)7-11)10-12-8-14-5-6-15(12)17-14/h2-4,7,12,14-15,17H,5-6,8-10H2,1H3. The predicted octanol–water partition coefficient (Wildman–Crippen LogP) is 2.91. The van der Waals surface area contributed by atoms with Gasteiger partial charge in [0, 0.05) is 30.2 Å². The molecular weight excluding hydrogens is 244 g/mol. The first kappa shape index (κ1) is 12.5. The molecule has 3 heteroatoms. The van der Waals surface area contributed by atoms with E-state index < -0.39 is 0 Å². The summed E-state index contributed by atoms with van der Waals surface area (Å²) in [4.78, 5) is 2.43. The molecule has 0 aromatic heterocycles. The van der Waals surface area contributed by atoms with Crippen molar-refractivity contribution in [3.05, 3.63) is 34.9 Å². The topological polar surface area (TPSA) is 15.3 Å². The van der Waals surface area contributed by atoms with E-state index in [-0.39, 0.29) is 0 Å². The minimum absolute atomic E-state index is 0.775. The first-order chi connectivity index (χ1) is 8.70. The molecule has 1 aromatic rings. The van der Waals surface area contributed by atoms with Crippen LogP contribution in [0.2, 0.25) is 5.02 Å². The smallest absolute Gasteiger partial charge is 0.0409 e. The number of nitrogens with one attached hydrogen (secondary N) is 1. The van der Waals surface area contributed by atoms with Crippen molar-refractivity contribution in [2.75, 3.05) is 13.6 Å². The molecule has 2 bridgehead atoms. The Bertz CT molecular complexity index is 421. The van der Waals surface area contributed by atoms with Crippen LogP contribution in [0.1, 0.15) is 24.8 Å². The highest BCUT2D eigenvalue weighted by Crippen LogP contribution is 2.33. The Balaban J connectivity index is 1.54. The van der Waals surface area contributed by atoms with Crippen LogP contribution in [0, 0.1) is 5.92 Å². The minimum atomic E-state index is 0.775. The normalized spacial score (nSPS) is 30.3. The Morgan fingerprint density at radius 3 is 2.94 bits per heavy atom. The number of hydrogen-bond acceptors (Lipinski definition) is 2. The minimum Gasteiger partial charge on any atom is -0.311 e. The first-order valence-electron chi connectivity index (χ1n) is 6.90. The van der Waals surface area contributed by atoms with Gasteiger partial charge < -0.3 is 10.2 Å². The van der Waals surface area contributed by atoms with Crippen LogP contribution in [-0.2, 0) is 6.54 Å². The highest BCUT2D eigenvalue weighted by atomic mass is 35.5. The van der Waals surface area contributed by atoms with Crippen LogP contribution < -0.4 is 5.32 Å². The maximum atomic E-state index is 6.02. The van der Waals surface area contributed by atoms with E-state index in [0.29, 0.717) is 0 Å². The zero-order valence-electron chi connectivity index (χ0n) is 10.9. The summed E-state index contributed by atoms with van der Waals surface area (Å²) in [6.45, 7) is 2.19. The van der Waals surface area contributed by atoms with Crippen molar-refractivity contribution in [3.8, 4) is 0 Å². The molecule has 18 heavy (non-hydrogen) atoms. The Kier molecular flexibility index (Phi) is 3.60. The third-order valence-corrected chi connectivity index (χ3v) is 4.56. The molecule has 0 saturated carbocycles. The molecule has 0 radical (unpaired) electrons. The molecule has 98 valence electrons. The Morgan fingerprint density at radius 1 is 1.39 bits per heavy atom. The molecule has 2 aliphatic heterocycles. The van der Waals surface area contributed by atoms with E-state index in [0.717, 1.165) is 29.6 Å². The number of halogens is 1. The summed E-state index contributed by atoms with van der Waals surface area (Å²) >= 11 is 6.02. The first-order valence-corrected chi connectivity index (χ1v) is 7.27. The lowest BCUT2D eigenvalue weighted by Crippen LogP contribution is -2.32. The Labute approximate surface area is 114 Å². The lowest BCUT2D eigenvalue weighted by atomic mass is 9.89. The van der Waals surface area contributed by atoms with E-state index in [9.17, 15) is 0 Å². The van der Waals surface area contributed by atoms with Crippen LogP contribution in [0.25, 0.3) is 0 Å². The summed E-state index contributed by atoms with van der Waals surface area (Å²) in [5, 5.41) is 4.54. The third kappa shape index (κ3) is 2.71. The van der Waals surface area contributed by atoms with Crippen molar-refractivity contribution in [2.45, 2.75) is 37.9 Å². The van der Waals surface area contributed by atoms with Gasteiger partial charge in [-0.2, -0.15) is 0 Å². The number of fused-ring (bicyclic) bond motifs is 2. The lowest BCUT2D eigenvalue weighted by Gasteiger charge is -2.26. The third-order valence-electron chi connectivity index (χ3n) is 4.32. The number of nitrogens with zero attached hydrogens (tertiary/aromatic N) is 1. The molecule has 0 amide bonds. The highest BCUT2D eigenvalue weighted by molar-refractivity contribution is 6.30. The van der Waals surface area contributed by atoms with E-state index >= 15 is 0 Å². The van der Waals surface area contributed by atoms with Crippen molar-refractivity contribution in [1.29, 1.82) is 0 Å². The molecule has 3 unspecified atom stereocenters. The van der Waals surface area contributed by atoms with Gasteiger partial charge in [0.2, 0.25) is 0 Å². The van der Waals surface area contributed by atoms with Gasteiger partial charge in [-0.3, -0.25) is 0 Å². The van der Waals surface area contributed by atoms with Gasteiger partial charge in [-0.15, -0.1) is 0 Å². The molecule has 3 atom stereocenters. The predicted molar refractivity (Wildman–Crippen MR) is 75.8 cm³/mol. The molecule has 2 aliphatic rings. The Hall–Kier alpha value is -0.570. The average Bonchev–Trinajstić information content (AvgIpc) is 2.90. The monoisotopic (exact) mass is 264 g/mol. The van der Waals surface area contributed by atoms with Gasteiger partial charge in [-0.25, -0.2) is 0 Å². The lowest BCUT2D eigenvalue weighted by molar-refractivity contribution is 0.242. The summed E-state index contributed by atoms with van der Waals surface area (Å²) < 4.78 is 0. The highest BCUT2D eigenvalue weighted by Gasteiger charge is 2.38. The second kappa shape index (κ2) is 5.20. The quantitative estimate of drug-likeness (QED) is 0.900. The second-order valence-electron chi connectivity index (χ2n) is 5.87. The van der Waals surface area contributed by atoms with Crippen molar-refractivity contribution >= 4 is 11.6 Å². The fourth-order valence-electron chi connectivity index (χ4n) is 3.55. The van der Waals surface area contributed by atoms with Gasteiger partial charge >= 0.3 is 0 Å². The maximum Gasteiger partial charge on any atom is 0.0409 e. The number of rotatable bonds is 4. The van der Waals surface area contributed by atoms with Crippen LogP contribution in [0.5, 0.6) is 0 Å². The van der Waals surface area contributed by atoms with Crippen molar-refractivity contribution < 1.29 is 0 Å². The van der Waals surface area contributed by atoms with E-state index in [4.69, 9.17) is 11.6 Å². The fourth-order valence-corrected chi connectivity index (χ4v) is 3.76. The zero-order valence-corrected chi connectivity index (χ0v) is 11.7. The van der Waals surface area contributed by atoms with Gasteiger partial charge in [-0.05, 0) is 49.9 Å². The van der Waals surface area contributed by atoms with E-state index in [1.807, 2.05) is 12.1 Å². The molecule has 2 nitrogen and oxygen atoms in total. The maximum absolute atomic E-state index is 6.02. The van der Waals surface area contributed by atoms with Gasteiger partial charge in [-0.1, -0.05) is 23.7 Å². The summed E-state index contributed by atoms with van der Waals surface area (Å²) in [5.74, 6) is 0.841. The molecule has 0 aliphatic carbocycles. The molecule has 1 aromatic carbocycles. The zero-order chi connectivity index (χ0) is 12.5. The molecule has 1 N–H and O–H groups in total. The number of benzene rings is 1. The number of hydrogen-bond donors (Lipinski definition) is 1. The van der Waals surface area contributed by atoms with Crippen LogP contribution in [-0.4, -0.2) is 30.6 Å². The van der Waals surface area contributed by atoms with Crippen LogP contribution in [0.15, 0.2) is 24.3 Å². The SMILES string of the molecule is CN(Cc1cccc(Cl)c1)CC1CC2CCC1N2. The van der Waals surface area contributed by atoms with Gasteiger partial charge in [0.05, 0.1) is 0 Å². The molecule has 3 rings (SSSR count). The molecule has 2 fully saturated rings. The van der Waals surface area contributed by atoms with Crippen molar-refractivity contribution in [3.63, 3.8) is 0 Å². The van der Waals surface area contributed by atoms with E-state index in [1.165, 1.54) is 31.4 Å². The van der Waals surface area contributed by atoms with E-state index in [1.54, 1.807) is 0 Å². The second-order valence-corrected chi connectivity index (χ2v) is 6.31. The van der Waals surface area contributed by atoms with Crippen LogP contribution in [0.4, 0.5) is 0 Å². The average molecular weight is 265 g/mol. The Morgan fingerprint density at radius 2 is 2.28 bits per heavy atom. The summed E-state index contributed by atoms with van der Waals surface area (Å²) in [6, 6.07) is 9.77. The molecular formula is C15H21ClN2. The van der Waals surface area contributed by atoms with Crippen molar-refractivity contribution in [1.82, 2.24) is 10.2 Å². The van der Waals surface area contributed by atoms with Crippen molar-refractivity contribution in [2.24, 2.45) is 5.92 Å². The van der Waals surface area contributed by atoms with Crippen LogP contribution in [0.3, 0.4) is 0 Å². The molecule has 2 heterocycles. The van der Waals surface area contributed by atoms with Gasteiger partial charge in [0.15, 0.2) is 0 Å². The fraction of sp³-hybridized carbons (Fsp3) is 0.600. The summed E-state index contributed by atoms with van der Waals surface area (Å²) in [7, 11) is 2.22. The molecule has 0 spiro atoms.